The molecule has 0 radical (unpaired) electrons. The Morgan fingerprint density at radius 1 is 0.543 bits per heavy atom. The largest absolute Gasteiger partial charge is 0.504 e. The molecule has 0 spiro atoms. The third-order valence-electron chi connectivity index (χ3n) is 5.59. The van der Waals surface area contributed by atoms with Crippen molar-refractivity contribution in [3.63, 3.8) is 0 Å². The fourth-order valence-corrected chi connectivity index (χ4v) is 3.64. The van der Waals surface area contributed by atoms with Gasteiger partial charge in [0, 0.05) is 11.1 Å². The lowest BCUT2D eigenvalue weighted by Crippen LogP contribution is -1.93. The van der Waals surface area contributed by atoms with Crippen LogP contribution in [0.5, 0.6) is 23.0 Å². The zero-order valence-corrected chi connectivity index (χ0v) is 20.0. The summed E-state index contributed by atoms with van der Waals surface area (Å²) in [6.07, 6.45) is 0. The molecule has 7 nitrogen and oxygen atoms in total. The summed E-state index contributed by atoms with van der Waals surface area (Å²) in [5, 5.41) is 38.8. The Labute approximate surface area is 204 Å². The first kappa shape index (κ1) is 23.6. The van der Waals surface area contributed by atoms with E-state index in [0.717, 1.165) is 11.1 Å². The molecule has 0 saturated carbocycles. The highest BCUT2D eigenvalue weighted by Gasteiger charge is 2.19. The maximum Gasteiger partial charge on any atom is 0.169 e. The molecule has 4 aromatic rings. The van der Waals surface area contributed by atoms with Gasteiger partial charge in [-0.3, -0.25) is 0 Å². The summed E-state index contributed by atoms with van der Waals surface area (Å²) >= 11 is 0. The van der Waals surface area contributed by atoms with Gasteiger partial charge in [-0.25, -0.2) is 0 Å². The van der Waals surface area contributed by atoms with Crippen molar-refractivity contribution < 1.29 is 14.9 Å². The van der Waals surface area contributed by atoms with Gasteiger partial charge >= 0.3 is 0 Å². The van der Waals surface area contributed by atoms with Crippen LogP contribution in [0.3, 0.4) is 0 Å². The number of hydrogen-bond donors (Lipinski definition) is 2. The number of phenols is 2. The zero-order chi connectivity index (χ0) is 24.9. The van der Waals surface area contributed by atoms with Crippen LogP contribution in [0.25, 0.3) is 0 Å². The number of hydrogen-bond acceptors (Lipinski definition) is 7. The number of benzene rings is 4. The Kier molecular flexibility index (Phi) is 6.87. The van der Waals surface area contributed by atoms with Gasteiger partial charge in [0.25, 0.3) is 0 Å². The van der Waals surface area contributed by atoms with Crippen LogP contribution in [0.2, 0.25) is 0 Å². The first-order valence-electron chi connectivity index (χ1n) is 11.1. The molecule has 35 heavy (non-hydrogen) atoms. The molecule has 4 rings (SSSR count). The third kappa shape index (κ3) is 5.19. The number of ether oxygens (including phenoxy) is 1. The smallest absolute Gasteiger partial charge is 0.169 e. The Morgan fingerprint density at radius 2 is 0.914 bits per heavy atom. The minimum atomic E-state index is -0.0693. The highest BCUT2D eigenvalue weighted by molar-refractivity contribution is 5.67. The molecule has 0 bridgehead atoms. The van der Waals surface area contributed by atoms with E-state index in [0.29, 0.717) is 33.9 Å². The van der Waals surface area contributed by atoms with Gasteiger partial charge < -0.3 is 14.9 Å². The van der Waals surface area contributed by atoms with Crippen molar-refractivity contribution >= 4 is 22.7 Å². The van der Waals surface area contributed by atoms with Crippen molar-refractivity contribution in [3.05, 3.63) is 95.1 Å². The van der Waals surface area contributed by atoms with E-state index in [4.69, 9.17) is 4.74 Å². The van der Waals surface area contributed by atoms with Crippen LogP contribution in [0.15, 0.2) is 93.3 Å². The number of azo groups is 2. The normalized spacial score (nSPS) is 11.4. The van der Waals surface area contributed by atoms with Crippen molar-refractivity contribution in [3.8, 4) is 23.0 Å². The Morgan fingerprint density at radius 3 is 1.29 bits per heavy atom. The van der Waals surface area contributed by atoms with Gasteiger partial charge in [0.15, 0.2) is 23.0 Å². The number of aromatic hydroxyl groups is 2. The molecule has 0 saturated heterocycles. The van der Waals surface area contributed by atoms with Crippen molar-refractivity contribution in [1.29, 1.82) is 0 Å². The molecule has 0 fully saturated rings. The molecule has 176 valence electrons. The lowest BCUT2D eigenvalue weighted by Gasteiger charge is -2.16. The van der Waals surface area contributed by atoms with E-state index in [1.807, 2.05) is 74.5 Å². The highest BCUT2D eigenvalue weighted by atomic mass is 16.5. The molecule has 0 aliphatic rings. The van der Waals surface area contributed by atoms with Crippen molar-refractivity contribution in [2.24, 2.45) is 20.5 Å². The summed E-state index contributed by atoms with van der Waals surface area (Å²) in [5.74, 6) is 0.290. The SMILES string of the molecule is Cc1cc(Oc2cc(C)c(N=Nc3ccccc3)c(C)c2O)c(O)c(C)c1N=Nc1ccccc1. The Hall–Kier alpha value is -4.52. The number of rotatable bonds is 6. The minimum Gasteiger partial charge on any atom is -0.504 e. The van der Waals surface area contributed by atoms with Crippen LogP contribution in [0.4, 0.5) is 22.7 Å². The zero-order valence-electron chi connectivity index (χ0n) is 20.0. The molecule has 0 aliphatic heterocycles. The highest BCUT2D eigenvalue weighted by Crippen LogP contribution is 2.46. The van der Waals surface area contributed by atoms with Crippen molar-refractivity contribution in [1.82, 2.24) is 0 Å². The van der Waals surface area contributed by atoms with Gasteiger partial charge in [-0.1, -0.05) is 36.4 Å². The summed E-state index contributed by atoms with van der Waals surface area (Å²) in [7, 11) is 0. The van der Waals surface area contributed by atoms with Crippen LogP contribution in [0, 0.1) is 27.7 Å². The van der Waals surface area contributed by atoms with E-state index < -0.39 is 0 Å². The predicted octanol–water partition coefficient (Wildman–Crippen LogP) is 8.95. The monoisotopic (exact) mass is 466 g/mol. The Bertz CT molecular complexity index is 1310. The summed E-state index contributed by atoms with van der Waals surface area (Å²) in [4.78, 5) is 0. The summed E-state index contributed by atoms with van der Waals surface area (Å²) in [6, 6.07) is 22.1. The van der Waals surface area contributed by atoms with Gasteiger partial charge in [-0.2, -0.15) is 10.2 Å². The van der Waals surface area contributed by atoms with E-state index in [1.165, 1.54) is 0 Å². The van der Waals surface area contributed by atoms with Crippen molar-refractivity contribution in [2.45, 2.75) is 27.7 Å². The van der Waals surface area contributed by atoms with Gasteiger partial charge in [0.2, 0.25) is 0 Å². The summed E-state index contributed by atoms with van der Waals surface area (Å²) in [6.45, 7) is 7.22. The quantitative estimate of drug-likeness (QED) is 0.277. The van der Waals surface area contributed by atoms with E-state index >= 15 is 0 Å². The lowest BCUT2D eigenvalue weighted by atomic mass is 10.1. The van der Waals surface area contributed by atoms with Gasteiger partial charge in [-0.15, -0.1) is 10.2 Å². The molecular weight excluding hydrogens is 440 g/mol. The van der Waals surface area contributed by atoms with E-state index in [2.05, 4.69) is 20.5 Å². The molecule has 0 aromatic heterocycles. The maximum absolute atomic E-state index is 10.8. The van der Waals surface area contributed by atoms with Crippen LogP contribution < -0.4 is 4.74 Å². The fourth-order valence-electron chi connectivity index (χ4n) is 3.64. The molecule has 2 N–H and O–H groups in total. The molecule has 0 atom stereocenters. The van der Waals surface area contributed by atoms with E-state index in [9.17, 15) is 10.2 Å². The van der Waals surface area contributed by atoms with E-state index in [1.54, 1.807) is 26.0 Å². The molecule has 4 aromatic carbocycles. The standard InChI is InChI=1S/C28H26N4O3/c1-17-15-23(27(33)19(3)25(17)31-29-21-11-7-5-8-12-21)35-24-16-18(2)26(20(4)28(24)34)32-30-22-13-9-6-10-14-22/h5-16,33-34H,1-4H3. The molecule has 0 amide bonds. The lowest BCUT2D eigenvalue weighted by molar-refractivity contribution is 0.382. The first-order chi connectivity index (χ1) is 16.8. The average Bonchev–Trinajstić information content (AvgIpc) is 2.86. The maximum atomic E-state index is 10.8. The van der Waals surface area contributed by atoms with Crippen LogP contribution in [-0.4, -0.2) is 10.2 Å². The number of nitrogens with zero attached hydrogens (tertiary/aromatic N) is 4. The molecule has 0 unspecified atom stereocenters. The first-order valence-corrected chi connectivity index (χ1v) is 11.1. The second kappa shape index (κ2) is 10.2. The molecular formula is C28H26N4O3. The molecule has 0 heterocycles. The van der Waals surface area contributed by atoms with Gasteiger partial charge in [0.1, 0.15) is 0 Å². The average molecular weight is 467 g/mol. The fraction of sp³-hybridized carbons (Fsp3) is 0.143. The summed E-state index contributed by atoms with van der Waals surface area (Å²) in [5.41, 5.74) is 5.16. The van der Waals surface area contributed by atoms with Crippen molar-refractivity contribution in [2.75, 3.05) is 0 Å². The van der Waals surface area contributed by atoms with Crippen LogP contribution in [0.1, 0.15) is 22.3 Å². The van der Waals surface area contributed by atoms with Gasteiger partial charge in [-0.05, 0) is 75.2 Å². The second-order valence-corrected chi connectivity index (χ2v) is 8.20. The van der Waals surface area contributed by atoms with E-state index in [-0.39, 0.29) is 23.0 Å². The van der Waals surface area contributed by atoms with Gasteiger partial charge in [0.05, 0.1) is 22.7 Å². The third-order valence-corrected chi connectivity index (χ3v) is 5.59. The van der Waals surface area contributed by atoms with Crippen LogP contribution in [-0.2, 0) is 0 Å². The van der Waals surface area contributed by atoms with Crippen LogP contribution >= 0.6 is 0 Å². The number of aryl methyl sites for hydroxylation is 2. The second-order valence-electron chi connectivity index (χ2n) is 8.20. The minimum absolute atomic E-state index is 0.0693. The predicted molar refractivity (Wildman–Crippen MR) is 136 cm³/mol. The summed E-state index contributed by atoms with van der Waals surface area (Å²) < 4.78 is 5.95. The number of phenolic OH excluding ortho intramolecular Hbond substituents is 2. The molecule has 0 aliphatic carbocycles. The molecule has 7 heteroatoms. The Balaban J connectivity index is 1.64. The topological polar surface area (TPSA) is 99.1 Å².